The summed E-state index contributed by atoms with van der Waals surface area (Å²) in [6.07, 6.45) is -3.83. The largest absolute Gasteiger partial charge is 0.416 e. The maximum absolute atomic E-state index is 14.1. The summed E-state index contributed by atoms with van der Waals surface area (Å²) in [7, 11) is -4.03. The summed E-state index contributed by atoms with van der Waals surface area (Å²) in [5.41, 5.74) is -1.64. The molecule has 0 aromatic heterocycles. The number of sulfone groups is 1. The van der Waals surface area contributed by atoms with Crippen molar-refractivity contribution < 1.29 is 31.2 Å². The molecule has 2 aliphatic heterocycles. The zero-order chi connectivity index (χ0) is 29.4. The van der Waals surface area contributed by atoms with Gasteiger partial charge in [0.25, 0.3) is 0 Å². The van der Waals surface area contributed by atoms with Gasteiger partial charge in [0.2, 0.25) is 0 Å². The van der Waals surface area contributed by atoms with Gasteiger partial charge in [-0.05, 0) is 42.8 Å². The lowest BCUT2D eigenvalue weighted by molar-refractivity contribution is -0.137. The van der Waals surface area contributed by atoms with Gasteiger partial charge in [-0.3, -0.25) is 4.90 Å². The van der Waals surface area contributed by atoms with Gasteiger partial charge in [-0.1, -0.05) is 12.1 Å². The van der Waals surface area contributed by atoms with Crippen molar-refractivity contribution in [2.45, 2.75) is 24.0 Å². The Bertz CT molecular complexity index is 1600. The number of carbonyl (C=O) groups is 2. The second-order valence-electron chi connectivity index (χ2n) is 9.07. The van der Waals surface area contributed by atoms with E-state index >= 15 is 0 Å². The van der Waals surface area contributed by atoms with Crippen LogP contribution in [0.25, 0.3) is 0 Å². The van der Waals surface area contributed by atoms with Gasteiger partial charge in [-0.25, -0.2) is 22.9 Å². The highest BCUT2D eigenvalue weighted by molar-refractivity contribution is 7.99. The number of benzene rings is 2. The normalized spacial score (nSPS) is 18.4. The minimum atomic E-state index is -4.72. The first-order chi connectivity index (χ1) is 18.8. The Hall–Kier alpha value is -4.01. The zero-order valence-corrected chi connectivity index (χ0v) is 22.9. The number of nitrogens with zero attached hydrogens (tertiary/aromatic N) is 5. The van der Waals surface area contributed by atoms with Gasteiger partial charge in [-0.15, -0.1) is 0 Å². The van der Waals surface area contributed by atoms with Crippen LogP contribution in [0.2, 0.25) is 0 Å². The number of alkyl halides is 3. The molecule has 9 nitrogen and oxygen atoms in total. The van der Waals surface area contributed by atoms with Crippen LogP contribution in [-0.4, -0.2) is 61.1 Å². The number of hydrogen-bond acceptors (Lipinski definition) is 7. The van der Waals surface area contributed by atoms with E-state index in [0.717, 1.165) is 40.3 Å². The zero-order valence-electron chi connectivity index (χ0n) is 21.3. The molecule has 4 amide bonds. The monoisotopic (exact) mass is 589 g/mol. The molecule has 0 saturated carbocycles. The van der Waals surface area contributed by atoms with Gasteiger partial charge in [0.1, 0.15) is 6.04 Å². The average Bonchev–Trinajstić information content (AvgIpc) is 2.92. The molecule has 4 rings (SSSR count). The Morgan fingerprint density at radius 3 is 2.33 bits per heavy atom. The fourth-order valence-corrected chi connectivity index (χ4v) is 6.47. The Labute approximate surface area is 233 Å². The van der Waals surface area contributed by atoms with Crippen molar-refractivity contribution in [3.63, 3.8) is 0 Å². The number of thioether (sulfide) groups is 1. The first-order valence-corrected chi connectivity index (χ1v) is 14.9. The third-order valence-corrected chi connectivity index (χ3v) is 8.63. The lowest BCUT2D eigenvalue weighted by atomic mass is 9.93. The molecule has 0 spiro atoms. The third kappa shape index (κ3) is 5.37. The van der Waals surface area contributed by atoms with Crippen molar-refractivity contribution in [1.82, 2.24) is 9.80 Å². The van der Waals surface area contributed by atoms with Crippen LogP contribution in [0.1, 0.15) is 29.7 Å². The number of anilines is 1. The molecule has 1 unspecified atom stereocenters. The molecule has 0 bridgehead atoms. The summed E-state index contributed by atoms with van der Waals surface area (Å²) >= 11 is 1.59. The quantitative estimate of drug-likeness (QED) is 0.497. The molecule has 1 saturated heterocycles. The van der Waals surface area contributed by atoms with Gasteiger partial charge in [0, 0.05) is 36.5 Å². The van der Waals surface area contributed by atoms with Crippen molar-refractivity contribution >= 4 is 39.3 Å². The fraction of sp³-hybridized carbons (Fsp3) is 0.308. The van der Waals surface area contributed by atoms with Crippen molar-refractivity contribution in [2.24, 2.45) is 0 Å². The molecule has 0 N–H and O–H groups in total. The van der Waals surface area contributed by atoms with Crippen molar-refractivity contribution in [3.8, 4) is 12.1 Å². The number of imide groups is 1. The molecular formula is C26H22F3N5O4S2. The highest BCUT2D eigenvalue weighted by Crippen LogP contribution is 2.43. The second-order valence-corrected chi connectivity index (χ2v) is 12.3. The van der Waals surface area contributed by atoms with E-state index in [0.29, 0.717) is 11.5 Å². The molecule has 0 aliphatic carbocycles. The Kier molecular flexibility index (Phi) is 7.87. The number of halogens is 3. The summed E-state index contributed by atoms with van der Waals surface area (Å²) in [6.45, 7) is 1.87. The molecule has 0 radical (unpaired) electrons. The second kappa shape index (κ2) is 10.9. The van der Waals surface area contributed by atoms with E-state index < -0.39 is 39.7 Å². The number of nitriles is 2. The summed E-state index contributed by atoms with van der Waals surface area (Å²) in [6, 6.07) is 7.99. The van der Waals surface area contributed by atoms with E-state index in [9.17, 15) is 41.7 Å². The molecule has 14 heteroatoms. The number of urea groups is 2. The lowest BCUT2D eigenvalue weighted by Crippen LogP contribution is -2.57. The predicted octanol–water partition coefficient (Wildman–Crippen LogP) is 4.93. The van der Waals surface area contributed by atoms with Crippen molar-refractivity contribution in [2.75, 3.05) is 35.8 Å². The van der Waals surface area contributed by atoms with E-state index in [2.05, 4.69) is 0 Å². The van der Waals surface area contributed by atoms with Gasteiger partial charge in [-0.2, -0.15) is 35.5 Å². The number of amides is 4. The number of allylic oxidation sites excluding steroid dienone is 1. The van der Waals surface area contributed by atoms with Crippen LogP contribution in [0.4, 0.5) is 28.4 Å². The average molecular weight is 590 g/mol. The number of carbonyl (C=O) groups excluding carboxylic acids is 2. The van der Waals surface area contributed by atoms with Crippen LogP contribution in [-0.2, 0) is 16.0 Å². The molecule has 2 aromatic rings. The van der Waals surface area contributed by atoms with Crippen LogP contribution < -0.4 is 4.90 Å². The van der Waals surface area contributed by atoms with Gasteiger partial charge in [0.05, 0.1) is 39.4 Å². The summed E-state index contributed by atoms with van der Waals surface area (Å²) < 4.78 is 66.1. The van der Waals surface area contributed by atoms with E-state index in [-0.39, 0.29) is 46.1 Å². The van der Waals surface area contributed by atoms with Gasteiger partial charge in [0.15, 0.2) is 9.84 Å². The smallest absolute Gasteiger partial charge is 0.323 e. The van der Waals surface area contributed by atoms with Crippen LogP contribution in [0.15, 0.2) is 58.6 Å². The Morgan fingerprint density at radius 2 is 1.75 bits per heavy atom. The van der Waals surface area contributed by atoms with Crippen LogP contribution in [0.5, 0.6) is 0 Å². The minimum absolute atomic E-state index is 0.00189. The topological polar surface area (TPSA) is 126 Å². The van der Waals surface area contributed by atoms with Crippen molar-refractivity contribution in [1.29, 1.82) is 10.5 Å². The molecular weight excluding hydrogens is 567 g/mol. The molecule has 208 valence electrons. The van der Waals surface area contributed by atoms with Gasteiger partial charge >= 0.3 is 18.2 Å². The molecule has 1 fully saturated rings. The van der Waals surface area contributed by atoms with Crippen LogP contribution >= 0.6 is 11.8 Å². The number of rotatable bonds is 3. The number of hydrogen-bond donors (Lipinski definition) is 0. The predicted molar refractivity (Wildman–Crippen MR) is 141 cm³/mol. The van der Waals surface area contributed by atoms with Gasteiger partial charge < -0.3 is 4.90 Å². The fourth-order valence-electron chi connectivity index (χ4n) is 4.62. The van der Waals surface area contributed by atoms with Crippen LogP contribution in [0.3, 0.4) is 0 Å². The highest BCUT2D eigenvalue weighted by Gasteiger charge is 2.46. The third-order valence-electron chi connectivity index (χ3n) is 6.53. The first kappa shape index (κ1) is 29.0. The van der Waals surface area contributed by atoms with E-state index in [1.54, 1.807) is 11.8 Å². The first-order valence-electron chi connectivity index (χ1n) is 11.8. The maximum atomic E-state index is 14.1. The SMILES string of the molecule is CC1=C(C#N)C(c2ccc(C#N)cc2S(C)(=O)=O)N(C(=O)N2CCSCC2)C(=O)N1c1cccc(C(F)(F)F)c1. The molecule has 1 atom stereocenters. The molecule has 40 heavy (non-hydrogen) atoms. The summed E-state index contributed by atoms with van der Waals surface area (Å²) in [5, 5.41) is 19.6. The Balaban J connectivity index is 2.00. The highest BCUT2D eigenvalue weighted by atomic mass is 32.2. The van der Waals surface area contributed by atoms with E-state index in [4.69, 9.17) is 0 Å². The summed E-state index contributed by atoms with van der Waals surface area (Å²) in [4.78, 5) is 30.6. The molecule has 2 aliphatic rings. The molecule has 2 heterocycles. The minimum Gasteiger partial charge on any atom is -0.323 e. The maximum Gasteiger partial charge on any atom is 0.416 e. The molecule has 2 aromatic carbocycles. The van der Waals surface area contributed by atoms with E-state index in [1.807, 2.05) is 12.1 Å². The Morgan fingerprint density at radius 1 is 1.07 bits per heavy atom. The van der Waals surface area contributed by atoms with Crippen molar-refractivity contribution in [3.05, 3.63) is 70.4 Å². The van der Waals surface area contributed by atoms with Crippen LogP contribution in [0, 0.1) is 22.7 Å². The lowest BCUT2D eigenvalue weighted by Gasteiger charge is -2.43. The van der Waals surface area contributed by atoms with E-state index in [1.165, 1.54) is 30.0 Å². The summed E-state index contributed by atoms with van der Waals surface area (Å²) in [5.74, 6) is 1.14. The standard InChI is InChI=1S/C26H22F3N5O4S2/c1-16-21(15-31)23(20-7-6-17(14-30)12-22(20)40(2,37)38)34(24(35)32-8-10-39-11-9-32)25(36)33(16)19-5-3-4-18(13-19)26(27,28)29/h3-7,12-13,23H,8-11H2,1-2H3.